The first-order valence-electron chi connectivity index (χ1n) is 7.79. The van der Waals surface area contributed by atoms with Crippen molar-refractivity contribution in [2.75, 3.05) is 37.6 Å². The molecule has 3 rings (SSSR count). The van der Waals surface area contributed by atoms with Gasteiger partial charge >= 0.3 is 0 Å². The number of carbonyl (C=O) groups is 1. The molecule has 6 nitrogen and oxygen atoms in total. The smallest absolute Gasteiger partial charge is 0.224 e. The normalized spacial score (nSPS) is 21.3. The fraction of sp³-hybridized carbons (Fsp3) is 0.786. The van der Waals surface area contributed by atoms with Gasteiger partial charge < -0.3 is 15.1 Å². The number of carbonyl (C=O) groups excluding carboxylic acids is 1. The fourth-order valence-electron chi connectivity index (χ4n) is 3.04. The second-order valence-corrected chi connectivity index (χ2v) is 6.57. The molecule has 132 valence electrons. The van der Waals surface area contributed by atoms with Gasteiger partial charge in [0, 0.05) is 50.2 Å². The summed E-state index contributed by atoms with van der Waals surface area (Å²) in [6.07, 6.45) is 3.98. The summed E-state index contributed by atoms with van der Waals surface area (Å²) in [5, 5.41) is 4.39. The van der Waals surface area contributed by atoms with Crippen LogP contribution < -0.4 is 10.2 Å². The maximum atomic E-state index is 12.4. The van der Waals surface area contributed by atoms with Gasteiger partial charge in [0.15, 0.2) is 0 Å². The number of halogens is 2. The number of hydrogen-bond donors (Lipinski definition) is 1. The Labute approximate surface area is 154 Å². The van der Waals surface area contributed by atoms with Crippen molar-refractivity contribution >= 4 is 47.4 Å². The topological polar surface area (TPSA) is 61.4 Å². The Morgan fingerprint density at radius 1 is 1.26 bits per heavy atom. The van der Waals surface area contributed by atoms with E-state index in [1.807, 2.05) is 11.8 Å². The van der Waals surface area contributed by atoms with E-state index in [9.17, 15) is 4.79 Å². The number of hydrogen-bond acceptors (Lipinski definition) is 6. The Bertz CT molecular complexity index is 495. The van der Waals surface area contributed by atoms with Gasteiger partial charge in [0.2, 0.25) is 11.0 Å². The van der Waals surface area contributed by atoms with Crippen LogP contribution in [0, 0.1) is 6.92 Å². The van der Waals surface area contributed by atoms with Crippen molar-refractivity contribution in [1.82, 2.24) is 19.6 Å². The third kappa shape index (κ3) is 5.45. The van der Waals surface area contributed by atoms with Crippen molar-refractivity contribution < 1.29 is 4.79 Å². The summed E-state index contributed by atoms with van der Waals surface area (Å²) in [6, 6.07) is 0.391. The van der Waals surface area contributed by atoms with Gasteiger partial charge in [-0.25, -0.2) is 4.98 Å². The molecule has 1 aromatic heterocycles. The molecule has 2 fully saturated rings. The summed E-state index contributed by atoms with van der Waals surface area (Å²) in [5.41, 5.74) is 0. The molecule has 0 radical (unpaired) electrons. The molecular formula is C14H25Cl2N5OS. The summed E-state index contributed by atoms with van der Waals surface area (Å²) in [5.74, 6) is 1.13. The molecule has 2 saturated heterocycles. The zero-order chi connectivity index (χ0) is 14.7. The Hall–Kier alpha value is -0.630. The molecule has 0 aromatic carbocycles. The highest BCUT2D eigenvalue weighted by Crippen LogP contribution is 2.19. The molecular weight excluding hydrogens is 357 g/mol. The minimum Gasteiger partial charge on any atom is -0.345 e. The van der Waals surface area contributed by atoms with Gasteiger partial charge in [0.25, 0.3) is 0 Å². The van der Waals surface area contributed by atoms with Gasteiger partial charge in [-0.05, 0) is 32.7 Å². The summed E-state index contributed by atoms with van der Waals surface area (Å²) in [7, 11) is 0. The second-order valence-electron chi connectivity index (χ2n) is 5.84. The highest BCUT2D eigenvalue weighted by molar-refractivity contribution is 7.09. The van der Waals surface area contributed by atoms with E-state index in [0.29, 0.717) is 18.4 Å². The van der Waals surface area contributed by atoms with Crippen molar-refractivity contribution in [3.63, 3.8) is 0 Å². The Morgan fingerprint density at radius 3 is 2.74 bits per heavy atom. The van der Waals surface area contributed by atoms with Crippen molar-refractivity contribution in [2.45, 2.75) is 38.6 Å². The molecule has 9 heteroatoms. The second kappa shape index (κ2) is 9.61. The fourth-order valence-corrected chi connectivity index (χ4v) is 3.77. The molecule has 0 saturated carbocycles. The van der Waals surface area contributed by atoms with Crippen LogP contribution in [0.25, 0.3) is 0 Å². The highest BCUT2D eigenvalue weighted by Gasteiger charge is 2.24. The molecule has 0 bridgehead atoms. The minimum absolute atomic E-state index is 0. The average molecular weight is 382 g/mol. The molecule has 23 heavy (non-hydrogen) atoms. The van der Waals surface area contributed by atoms with E-state index >= 15 is 0 Å². The van der Waals surface area contributed by atoms with Crippen LogP contribution in [0.5, 0.6) is 0 Å². The average Bonchev–Trinajstić information content (AvgIpc) is 3.05. The summed E-state index contributed by atoms with van der Waals surface area (Å²) in [4.78, 5) is 21.1. The van der Waals surface area contributed by atoms with E-state index in [4.69, 9.17) is 0 Å². The number of rotatable bonds is 3. The minimum atomic E-state index is 0. The molecule has 0 spiro atoms. The molecule has 0 aliphatic carbocycles. The van der Waals surface area contributed by atoms with Gasteiger partial charge in [-0.1, -0.05) is 0 Å². The number of nitrogens with zero attached hydrogens (tertiary/aromatic N) is 4. The zero-order valence-corrected chi connectivity index (χ0v) is 15.8. The third-order valence-corrected chi connectivity index (χ3v) is 5.09. The lowest BCUT2D eigenvalue weighted by atomic mass is 10.1. The molecule has 1 unspecified atom stereocenters. The van der Waals surface area contributed by atoms with Crippen LogP contribution in [0.4, 0.5) is 5.13 Å². The molecule has 1 N–H and O–H groups in total. The SMILES string of the molecule is Cc1nsc(N2CCCN(C(=O)CC3CCCN3)CC2)n1.Cl.Cl. The number of nitrogens with one attached hydrogen (secondary N) is 1. The monoisotopic (exact) mass is 381 g/mol. The third-order valence-electron chi connectivity index (χ3n) is 4.22. The van der Waals surface area contributed by atoms with Crippen LogP contribution in [0.2, 0.25) is 0 Å². The quantitative estimate of drug-likeness (QED) is 0.865. The molecule has 2 aliphatic heterocycles. The maximum Gasteiger partial charge on any atom is 0.224 e. The van der Waals surface area contributed by atoms with E-state index in [1.165, 1.54) is 18.0 Å². The van der Waals surface area contributed by atoms with Gasteiger partial charge in [0.05, 0.1) is 0 Å². The van der Waals surface area contributed by atoms with Gasteiger partial charge in [-0.3, -0.25) is 4.79 Å². The van der Waals surface area contributed by atoms with Crippen LogP contribution in [0.1, 0.15) is 31.5 Å². The van der Waals surface area contributed by atoms with Crippen LogP contribution in [0.15, 0.2) is 0 Å². The van der Waals surface area contributed by atoms with Gasteiger partial charge in [-0.15, -0.1) is 24.8 Å². The van der Waals surface area contributed by atoms with Crippen LogP contribution in [-0.4, -0.2) is 58.9 Å². The number of amides is 1. The predicted octanol–water partition coefficient (Wildman–Crippen LogP) is 1.87. The van der Waals surface area contributed by atoms with E-state index in [1.54, 1.807) is 0 Å². The van der Waals surface area contributed by atoms with Crippen molar-refractivity contribution in [3.8, 4) is 0 Å². The van der Waals surface area contributed by atoms with Gasteiger partial charge in [0.1, 0.15) is 5.82 Å². The lowest BCUT2D eigenvalue weighted by molar-refractivity contribution is -0.131. The zero-order valence-electron chi connectivity index (χ0n) is 13.4. The van der Waals surface area contributed by atoms with Crippen molar-refractivity contribution in [3.05, 3.63) is 5.82 Å². The summed E-state index contributed by atoms with van der Waals surface area (Å²) >= 11 is 1.45. The molecule has 1 amide bonds. The van der Waals surface area contributed by atoms with Gasteiger partial charge in [-0.2, -0.15) is 4.37 Å². The maximum absolute atomic E-state index is 12.4. The van der Waals surface area contributed by atoms with E-state index in [0.717, 1.165) is 56.5 Å². The molecule has 2 aliphatic rings. The number of aryl methyl sites for hydroxylation is 1. The lowest BCUT2D eigenvalue weighted by Crippen LogP contribution is -2.38. The van der Waals surface area contributed by atoms with E-state index in [2.05, 4.69) is 19.6 Å². The first kappa shape index (κ1) is 20.4. The largest absolute Gasteiger partial charge is 0.345 e. The van der Waals surface area contributed by atoms with Crippen LogP contribution in [0.3, 0.4) is 0 Å². The first-order valence-corrected chi connectivity index (χ1v) is 8.56. The lowest BCUT2D eigenvalue weighted by Gasteiger charge is -2.23. The number of anilines is 1. The summed E-state index contributed by atoms with van der Waals surface area (Å²) < 4.78 is 4.25. The van der Waals surface area contributed by atoms with Crippen LogP contribution >= 0.6 is 36.3 Å². The van der Waals surface area contributed by atoms with Crippen molar-refractivity contribution in [2.24, 2.45) is 0 Å². The summed E-state index contributed by atoms with van der Waals surface area (Å²) in [6.45, 7) is 6.45. The molecule has 1 aromatic rings. The molecule has 1 atom stereocenters. The predicted molar refractivity (Wildman–Crippen MR) is 98.2 cm³/mol. The molecule has 3 heterocycles. The van der Waals surface area contributed by atoms with Crippen LogP contribution in [-0.2, 0) is 4.79 Å². The van der Waals surface area contributed by atoms with Crippen molar-refractivity contribution in [1.29, 1.82) is 0 Å². The first-order chi connectivity index (χ1) is 10.2. The number of aromatic nitrogens is 2. The van der Waals surface area contributed by atoms with E-state index in [-0.39, 0.29) is 24.8 Å². The highest BCUT2D eigenvalue weighted by atomic mass is 35.5. The standard InChI is InChI=1S/C14H23N5OS.2ClH/c1-11-16-14(21-17-11)19-7-3-6-18(8-9-19)13(20)10-12-4-2-5-15-12;;/h12,15H,2-10H2,1H3;2*1H. The Balaban J connectivity index is 0.00000132. The van der Waals surface area contributed by atoms with E-state index < -0.39 is 0 Å². The Kier molecular flexibility index (Phi) is 8.53. The Morgan fingerprint density at radius 2 is 2.09 bits per heavy atom.